The smallest absolute Gasteiger partial charge is 0.416 e. The molecule has 1 atom stereocenters. The summed E-state index contributed by atoms with van der Waals surface area (Å²) in [5.74, 6) is 0.988. The van der Waals surface area contributed by atoms with Crippen molar-refractivity contribution in [2.45, 2.75) is 25.4 Å². The zero-order valence-electron chi connectivity index (χ0n) is 10.7. The average molecular weight is 273 g/mol. The standard InChI is InChI=1S/C14H18F3NO/c15-14(16,17)12-3-5-13(6-4-12)19-10-11-2-1-8-18-9-7-11/h3-6,11,18H,1-2,7-10H2. The first-order chi connectivity index (χ1) is 9.05. The van der Waals surface area contributed by atoms with Gasteiger partial charge in [0.15, 0.2) is 0 Å². The van der Waals surface area contributed by atoms with Crippen molar-refractivity contribution in [3.63, 3.8) is 0 Å². The van der Waals surface area contributed by atoms with E-state index in [9.17, 15) is 13.2 Å². The summed E-state index contributed by atoms with van der Waals surface area (Å²) in [4.78, 5) is 0. The fourth-order valence-corrected chi connectivity index (χ4v) is 2.21. The third kappa shape index (κ3) is 4.42. The Morgan fingerprint density at radius 2 is 1.84 bits per heavy atom. The first-order valence-electron chi connectivity index (χ1n) is 6.56. The van der Waals surface area contributed by atoms with Crippen LogP contribution in [-0.4, -0.2) is 19.7 Å². The molecular weight excluding hydrogens is 255 g/mol. The maximum Gasteiger partial charge on any atom is 0.416 e. The molecule has 0 saturated carbocycles. The molecular formula is C14H18F3NO. The molecule has 5 heteroatoms. The van der Waals surface area contributed by atoms with Crippen LogP contribution in [0.4, 0.5) is 13.2 Å². The molecule has 1 aliphatic heterocycles. The maximum atomic E-state index is 12.4. The summed E-state index contributed by atoms with van der Waals surface area (Å²) in [6, 6.07) is 4.89. The summed E-state index contributed by atoms with van der Waals surface area (Å²) in [6.07, 6.45) is -0.999. The monoisotopic (exact) mass is 273 g/mol. The second-order valence-corrected chi connectivity index (χ2v) is 4.88. The van der Waals surface area contributed by atoms with Gasteiger partial charge in [-0.05, 0) is 62.5 Å². The molecule has 0 radical (unpaired) electrons. The van der Waals surface area contributed by atoms with Gasteiger partial charge < -0.3 is 10.1 Å². The molecule has 1 aliphatic rings. The van der Waals surface area contributed by atoms with Crippen molar-refractivity contribution < 1.29 is 17.9 Å². The fourth-order valence-electron chi connectivity index (χ4n) is 2.21. The average Bonchev–Trinajstić information content (AvgIpc) is 2.64. The van der Waals surface area contributed by atoms with Crippen molar-refractivity contribution in [1.29, 1.82) is 0 Å². The quantitative estimate of drug-likeness (QED) is 0.910. The second-order valence-electron chi connectivity index (χ2n) is 4.88. The largest absolute Gasteiger partial charge is 0.493 e. The van der Waals surface area contributed by atoms with E-state index in [0.717, 1.165) is 44.5 Å². The molecule has 0 aliphatic carbocycles. The van der Waals surface area contributed by atoms with Crippen molar-refractivity contribution in [3.05, 3.63) is 29.8 Å². The van der Waals surface area contributed by atoms with E-state index in [1.54, 1.807) is 0 Å². The lowest BCUT2D eigenvalue weighted by Crippen LogP contribution is -2.16. The number of hydrogen-bond acceptors (Lipinski definition) is 2. The number of ether oxygens (including phenoxy) is 1. The van der Waals surface area contributed by atoms with Crippen LogP contribution in [-0.2, 0) is 6.18 Å². The Labute approximate surface area is 111 Å². The molecule has 2 nitrogen and oxygen atoms in total. The highest BCUT2D eigenvalue weighted by Gasteiger charge is 2.30. The van der Waals surface area contributed by atoms with Crippen LogP contribution in [0.25, 0.3) is 0 Å². The van der Waals surface area contributed by atoms with Crippen molar-refractivity contribution in [2.24, 2.45) is 5.92 Å². The van der Waals surface area contributed by atoms with Gasteiger partial charge in [0.2, 0.25) is 0 Å². The molecule has 1 aromatic carbocycles. The highest BCUT2D eigenvalue weighted by Crippen LogP contribution is 2.30. The van der Waals surface area contributed by atoms with Crippen LogP contribution in [0.2, 0.25) is 0 Å². The van der Waals surface area contributed by atoms with E-state index in [0.29, 0.717) is 18.3 Å². The van der Waals surface area contributed by atoms with Gasteiger partial charge in [0, 0.05) is 0 Å². The lowest BCUT2D eigenvalue weighted by Gasteiger charge is -2.15. The summed E-state index contributed by atoms with van der Waals surface area (Å²) in [7, 11) is 0. The zero-order valence-corrected chi connectivity index (χ0v) is 10.7. The molecule has 0 amide bonds. The van der Waals surface area contributed by atoms with Gasteiger partial charge in [0.05, 0.1) is 12.2 Å². The molecule has 1 fully saturated rings. The fraction of sp³-hybridized carbons (Fsp3) is 0.571. The third-order valence-electron chi connectivity index (χ3n) is 3.36. The van der Waals surface area contributed by atoms with Gasteiger partial charge in [-0.1, -0.05) is 0 Å². The van der Waals surface area contributed by atoms with E-state index in [2.05, 4.69) is 5.32 Å². The van der Waals surface area contributed by atoms with Crippen LogP contribution in [0.1, 0.15) is 24.8 Å². The topological polar surface area (TPSA) is 21.3 Å². The predicted molar refractivity (Wildman–Crippen MR) is 67.1 cm³/mol. The normalized spacial score (nSPS) is 20.9. The van der Waals surface area contributed by atoms with Crippen molar-refractivity contribution in [2.75, 3.05) is 19.7 Å². The first kappa shape index (κ1) is 14.2. The number of halogens is 3. The zero-order chi connectivity index (χ0) is 13.7. The van der Waals surface area contributed by atoms with Gasteiger partial charge in [-0.2, -0.15) is 13.2 Å². The molecule has 19 heavy (non-hydrogen) atoms. The summed E-state index contributed by atoms with van der Waals surface area (Å²) >= 11 is 0. The van der Waals surface area contributed by atoms with E-state index < -0.39 is 11.7 Å². The number of benzene rings is 1. The molecule has 1 saturated heterocycles. The number of rotatable bonds is 3. The lowest BCUT2D eigenvalue weighted by molar-refractivity contribution is -0.137. The van der Waals surface area contributed by atoms with E-state index in [1.165, 1.54) is 12.1 Å². The van der Waals surface area contributed by atoms with E-state index in [-0.39, 0.29) is 0 Å². The number of hydrogen-bond donors (Lipinski definition) is 1. The van der Waals surface area contributed by atoms with Gasteiger partial charge in [0.1, 0.15) is 5.75 Å². The Morgan fingerprint density at radius 1 is 1.11 bits per heavy atom. The molecule has 1 N–H and O–H groups in total. The van der Waals surface area contributed by atoms with Crippen molar-refractivity contribution >= 4 is 0 Å². The Hall–Kier alpha value is -1.23. The van der Waals surface area contributed by atoms with E-state index in [4.69, 9.17) is 4.74 Å². The minimum absolute atomic E-state index is 0.484. The first-order valence-corrected chi connectivity index (χ1v) is 6.56. The van der Waals surface area contributed by atoms with Crippen LogP contribution in [0, 0.1) is 5.92 Å². The third-order valence-corrected chi connectivity index (χ3v) is 3.36. The lowest BCUT2D eigenvalue weighted by atomic mass is 10.0. The van der Waals surface area contributed by atoms with Gasteiger partial charge in [-0.25, -0.2) is 0 Å². The summed E-state index contributed by atoms with van der Waals surface area (Å²) in [5, 5.41) is 3.32. The molecule has 0 bridgehead atoms. The Balaban J connectivity index is 1.85. The van der Waals surface area contributed by atoms with E-state index >= 15 is 0 Å². The Morgan fingerprint density at radius 3 is 2.53 bits per heavy atom. The summed E-state index contributed by atoms with van der Waals surface area (Å²) in [6.45, 7) is 2.60. The Kier molecular flexibility index (Phi) is 4.69. The van der Waals surface area contributed by atoms with Crippen LogP contribution in [0.5, 0.6) is 5.75 Å². The molecule has 106 valence electrons. The Bertz CT molecular complexity index is 381. The SMILES string of the molecule is FC(F)(F)c1ccc(OCC2CCCNCC2)cc1. The van der Waals surface area contributed by atoms with Gasteiger partial charge in [-0.3, -0.25) is 0 Å². The molecule has 1 unspecified atom stereocenters. The van der Waals surface area contributed by atoms with Crippen LogP contribution in [0.3, 0.4) is 0 Å². The van der Waals surface area contributed by atoms with Gasteiger partial charge >= 0.3 is 6.18 Å². The molecule has 0 spiro atoms. The minimum Gasteiger partial charge on any atom is -0.493 e. The number of nitrogens with one attached hydrogen (secondary N) is 1. The van der Waals surface area contributed by atoms with Crippen LogP contribution in [0.15, 0.2) is 24.3 Å². The summed E-state index contributed by atoms with van der Waals surface area (Å²) < 4.78 is 42.8. The van der Waals surface area contributed by atoms with Gasteiger partial charge in [-0.15, -0.1) is 0 Å². The van der Waals surface area contributed by atoms with Crippen LogP contribution >= 0.6 is 0 Å². The van der Waals surface area contributed by atoms with Gasteiger partial charge in [0.25, 0.3) is 0 Å². The second kappa shape index (κ2) is 6.28. The molecule has 1 heterocycles. The van der Waals surface area contributed by atoms with Crippen molar-refractivity contribution in [1.82, 2.24) is 5.32 Å². The maximum absolute atomic E-state index is 12.4. The highest BCUT2D eigenvalue weighted by atomic mass is 19.4. The van der Waals surface area contributed by atoms with E-state index in [1.807, 2.05) is 0 Å². The van der Waals surface area contributed by atoms with Crippen LogP contribution < -0.4 is 10.1 Å². The predicted octanol–water partition coefficient (Wildman–Crippen LogP) is 3.47. The molecule has 1 aromatic rings. The minimum atomic E-state index is -4.29. The van der Waals surface area contributed by atoms with Crippen molar-refractivity contribution in [3.8, 4) is 5.75 Å². The highest BCUT2D eigenvalue weighted by molar-refractivity contribution is 5.28. The number of alkyl halides is 3. The summed E-state index contributed by atoms with van der Waals surface area (Å²) in [5.41, 5.74) is -0.640. The molecule has 2 rings (SSSR count). The molecule has 0 aromatic heterocycles.